The van der Waals surface area contributed by atoms with Gasteiger partial charge in [-0.05, 0) is 48.0 Å². The lowest BCUT2D eigenvalue weighted by molar-refractivity contribution is 0.0783. The molecule has 0 fully saturated rings. The predicted octanol–water partition coefficient (Wildman–Crippen LogP) is 4.07. The van der Waals surface area contributed by atoms with Crippen molar-refractivity contribution >= 4 is 5.91 Å². The van der Waals surface area contributed by atoms with Crippen LogP contribution in [0.25, 0.3) is 0 Å². The van der Waals surface area contributed by atoms with Gasteiger partial charge in [-0.1, -0.05) is 24.3 Å². The third-order valence-corrected chi connectivity index (χ3v) is 3.87. The third-order valence-electron chi connectivity index (χ3n) is 3.87. The van der Waals surface area contributed by atoms with E-state index >= 15 is 0 Å². The minimum Gasteiger partial charge on any atom is -0.489 e. The highest BCUT2D eigenvalue weighted by molar-refractivity contribution is 5.94. The van der Waals surface area contributed by atoms with Crippen molar-refractivity contribution in [1.29, 1.82) is 0 Å². The Bertz CT molecular complexity index is 867. The Balaban J connectivity index is 1.64. The molecule has 0 saturated carbocycles. The van der Waals surface area contributed by atoms with Gasteiger partial charge in [0.1, 0.15) is 18.2 Å². The van der Waals surface area contributed by atoms with Crippen LogP contribution in [0.3, 0.4) is 0 Å². The molecule has 4 nitrogen and oxygen atoms in total. The maximum atomic E-state index is 12.9. The van der Waals surface area contributed by atoms with Crippen molar-refractivity contribution in [2.24, 2.45) is 0 Å². The smallest absolute Gasteiger partial charge is 0.254 e. The number of amides is 1. The van der Waals surface area contributed by atoms with E-state index in [1.807, 2.05) is 18.2 Å². The highest BCUT2D eigenvalue weighted by atomic mass is 19.1. The van der Waals surface area contributed by atoms with Crippen LogP contribution in [0.1, 0.15) is 21.6 Å². The van der Waals surface area contributed by atoms with E-state index in [9.17, 15) is 9.18 Å². The van der Waals surface area contributed by atoms with Crippen LogP contribution in [0.5, 0.6) is 5.75 Å². The van der Waals surface area contributed by atoms with Crippen molar-refractivity contribution in [3.05, 3.63) is 95.6 Å². The molecule has 26 heavy (non-hydrogen) atoms. The predicted molar refractivity (Wildman–Crippen MR) is 97.2 cm³/mol. The highest BCUT2D eigenvalue weighted by Gasteiger charge is 2.13. The van der Waals surface area contributed by atoms with E-state index in [-0.39, 0.29) is 11.7 Å². The zero-order chi connectivity index (χ0) is 18.4. The second-order valence-corrected chi connectivity index (χ2v) is 5.93. The van der Waals surface area contributed by atoms with Crippen molar-refractivity contribution in [2.45, 2.75) is 13.2 Å². The fraction of sp³-hybridized carbons (Fsp3) is 0.143. The molecule has 132 valence electrons. The van der Waals surface area contributed by atoms with E-state index in [2.05, 4.69) is 4.98 Å². The number of halogens is 1. The van der Waals surface area contributed by atoms with E-state index in [0.29, 0.717) is 24.5 Å². The molecule has 3 rings (SSSR count). The highest BCUT2D eigenvalue weighted by Crippen LogP contribution is 2.17. The number of rotatable bonds is 6. The van der Waals surface area contributed by atoms with E-state index in [4.69, 9.17) is 4.74 Å². The maximum absolute atomic E-state index is 12.9. The summed E-state index contributed by atoms with van der Waals surface area (Å²) in [6.45, 7) is 0.738. The minimum atomic E-state index is -0.280. The first kappa shape index (κ1) is 17.6. The molecule has 1 aromatic heterocycles. The largest absolute Gasteiger partial charge is 0.489 e. The van der Waals surface area contributed by atoms with Crippen molar-refractivity contribution in [3.8, 4) is 5.75 Å². The Morgan fingerprint density at radius 2 is 1.88 bits per heavy atom. The van der Waals surface area contributed by atoms with Gasteiger partial charge in [-0.15, -0.1) is 0 Å². The van der Waals surface area contributed by atoms with Gasteiger partial charge in [0.15, 0.2) is 0 Å². The van der Waals surface area contributed by atoms with Crippen molar-refractivity contribution < 1.29 is 13.9 Å². The molecule has 1 heterocycles. The quantitative estimate of drug-likeness (QED) is 0.673. The number of nitrogens with zero attached hydrogens (tertiary/aromatic N) is 2. The zero-order valence-corrected chi connectivity index (χ0v) is 14.4. The zero-order valence-electron chi connectivity index (χ0n) is 14.4. The molecule has 2 aromatic carbocycles. The molecule has 3 aromatic rings. The van der Waals surface area contributed by atoms with Crippen LogP contribution in [0, 0.1) is 5.82 Å². The van der Waals surface area contributed by atoms with E-state index in [0.717, 1.165) is 11.3 Å². The molecular formula is C21H19FN2O2. The maximum Gasteiger partial charge on any atom is 0.254 e. The van der Waals surface area contributed by atoms with Gasteiger partial charge in [0.25, 0.3) is 5.91 Å². The van der Waals surface area contributed by atoms with Gasteiger partial charge in [-0.2, -0.15) is 0 Å². The van der Waals surface area contributed by atoms with Crippen LogP contribution in [-0.4, -0.2) is 22.8 Å². The van der Waals surface area contributed by atoms with Gasteiger partial charge in [0, 0.05) is 18.8 Å². The van der Waals surface area contributed by atoms with E-state index < -0.39 is 0 Å². The van der Waals surface area contributed by atoms with Crippen LogP contribution in [0.2, 0.25) is 0 Å². The lowest BCUT2D eigenvalue weighted by Crippen LogP contribution is -2.26. The standard InChI is InChI=1S/C21H19FN2O2/c1-24(14-19-6-2-3-12-23-19)21(25)17-5-4-7-20(13-17)26-15-16-8-10-18(22)11-9-16/h2-13H,14-15H2,1H3. The summed E-state index contributed by atoms with van der Waals surface area (Å²) in [4.78, 5) is 18.5. The van der Waals surface area contributed by atoms with Crippen LogP contribution >= 0.6 is 0 Å². The van der Waals surface area contributed by atoms with Crippen molar-refractivity contribution in [1.82, 2.24) is 9.88 Å². The van der Waals surface area contributed by atoms with Crippen LogP contribution < -0.4 is 4.74 Å². The molecular weight excluding hydrogens is 331 g/mol. The molecule has 0 N–H and O–H groups in total. The molecule has 0 aliphatic carbocycles. The van der Waals surface area contributed by atoms with Gasteiger partial charge in [0.2, 0.25) is 0 Å². The van der Waals surface area contributed by atoms with Gasteiger partial charge >= 0.3 is 0 Å². The molecule has 0 aliphatic rings. The summed E-state index contributed by atoms with van der Waals surface area (Å²) in [5.41, 5.74) is 2.22. The number of carbonyl (C=O) groups excluding carboxylic acids is 1. The molecule has 5 heteroatoms. The SMILES string of the molecule is CN(Cc1ccccn1)C(=O)c1cccc(OCc2ccc(F)cc2)c1. The Hall–Kier alpha value is -3.21. The fourth-order valence-electron chi connectivity index (χ4n) is 2.49. The molecule has 0 saturated heterocycles. The van der Waals surface area contributed by atoms with Gasteiger partial charge in [-0.25, -0.2) is 4.39 Å². The molecule has 0 aliphatic heterocycles. The number of hydrogen-bond donors (Lipinski definition) is 0. The second-order valence-electron chi connectivity index (χ2n) is 5.93. The number of pyridine rings is 1. The Morgan fingerprint density at radius 3 is 2.62 bits per heavy atom. The Kier molecular flexibility index (Phi) is 5.59. The molecule has 0 radical (unpaired) electrons. The summed E-state index contributed by atoms with van der Waals surface area (Å²) in [5.74, 6) is 0.201. The van der Waals surface area contributed by atoms with Crippen LogP contribution in [0.15, 0.2) is 72.9 Å². The monoisotopic (exact) mass is 350 g/mol. The third kappa shape index (κ3) is 4.66. The second kappa shape index (κ2) is 8.25. The average Bonchev–Trinajstić information content (AvgIpc) is 2.68. The minimum absolute atomic E-state index is 0.108. The Labute approximate surface area is 151 Å². The molecule has 0 atom stereocenters. The number of carbonyl (C=O) groups is 1. The van der Waals surface area contributed by atoms with E-state index in [1.54, 1.807) is 54.5 Å². The van der Waals surface area contributed by atoms with Crippen molar-refractivity contribution in [2.75, 3.05) is 7.05 Å². The van der Waals surface area contributed by atoms with Gasteiger partial charge in [0.05, 0.1) is 12.2 Å². The number of benzene rings is 2. The first-order chi connectivity index (χ1) is 12.6. The Morgan fingerprint density at radius 1 is 1.08 bits per heavy atom. The fourth-order valence-corrected chi connectivity index (χ4v) is 2.49. The topological polar surface area (TPSA) is 42.4 Å². The number of ether oxygens (including phenoxy) is 1. The first-order valence-electron chi connectivity index (χ1n) is 8.24. The molecule has 0 spiro atoms. The summed E-state index contributed by atoms with van der Waals surface area (Å²) in [5, 5.41) is 0. The lowest BCUT2D eigenvalue weighted by atomic mass is 10.2. The summed E-state index contributed by atoms with van der Waals surface area (Å²) in [7, 11) is 1.74. The first-order valence-corrected chi connectivity index (χ1v) is 8.24. The summed E-state index contributed by atoms with van der Waals surface area (Å²) >= 11 is 0. The van der Waals surface area contributed by atoms with Crippen LogP contribution in [0.4, 0.5) is 4.39 Å². The summed E-state index contributed by atoms with van der Waals surface area (Å²) < 4.78 is 18.7. The number of aromatic nitrogens is 1. The van der Waals surface area contributed by atoms with Gasteiger partial charge in [-0.3, -0.25) is 9.78 Å². The van der Waals surface area contributed by atoms with Gasteiger partial charge < -0.3 is 9.64 Å². The number of hydrogen-bond acceptors (Lipinski definition) is 3. The summed E-state index contributed by atoms with van der Waals surface area (Å²) in [6, 6.07) is 18.8. The molecule has 0 unspecified atom stereocenters. The normalized spacial score (nSPS) is 10.4. The summed E-state index contributed by atoms with van der Waals surface area (Å²) in [6.07, 6.45) is 1.71. The van der Waals surface area contributed by atoms with Crippen molar-refractivity contribution in [3.63, 3.8) is 0 Å². The van der Waals surface area contributed by atoms with Crippen LogP contribution in [-0.2, 0) is 13.2 Å². The van der Waals surface area contributed by atoms with E-state index in [1.165, 1.54) is 12.1 Å². The molecule has 1 amide bonds. The molecule has 0 bridgehead atoms. The lowest BCUT2D eigenvalue weighted by Gasteiger charge is -2.17. The average molecular weight is 350 g/mol.